The van der Waals surface area contributed by atoms with Gasteiger partial charge in [0.25, 0.3) is 5.25 Å². The number of halogens is 1. The van der Waals surface area contributed by atoms with Gasteiger partial charge in [0.05, 0.1) is 6.61 Å². The van der Waals surface area contributed by atoms with Gasteiger partial charge in [-0.2, -0.15) is 0 Å². The Bertz CT molecular complexity index is 490. The standard InChI is InChI=1S/C10H14N2.C5H9ClO5/c1-12-7-3-5-10(12)9-4-2-6-11-8-9;6-5(10)4(9)3(8)2(1-7)11-5/h2,4,6,8,10H,3,5,7H2,1H3;2-4,7-10H,1H2/t;2-,3-,4-,5?/m.1/s1. The molecule has 3 heterocycles. The van der Waals surface area contributed by atoms with Crippen molar-refractivity contribution in [3.05, 3.63) is 30.1 Å². The summed E-state index contributed by atoms with van der Waals surface area (Å²) in [6.45, 7) is 0.715. The summed E-state index contributed by atoms with van der Waals surface area (Å²) in [5.74, 6) is 0. The lowest BCUT2D eigenvalue weighted by atomic mass is 10.1. The SMILES string of the molecule is CN1CCCC1c1cccnc1.OC[C@H]1OC(O)(Cl)[C@H](O)[C@@H]1O. The van der Waals surface area contributed by atoms with Gasteiger partial charge in [-0.3, -0.25) is 9.88 Å². The summed E-state index contributed by atoms with van der Waals surface area (Å²) in [7, 11) is 2.19. The number of rotatable bonds is 2. The lowest BCUT2D eigenvalue weighted by molar-refractivity contribution is -0.169. The smallest absolute Gasteiger partial charge is 0.276 e. The second-order valence-electron chi connectivity index (χ2n) is 5.81. The Morgan fingerprint density at radius 2 is 2.22 bits per heavy atom. The second kappa shape index (κ2) is 7.85. The van der Waals surface area contributed by atoms with Gasteiger partial charge in [-0.05, 0) is 38.1 Å². The monoisotopic (exact) mass is 346 g/mol. The van der Waals surface area contributed by atoms with E-state index in [1.54, 1.807) is 0 Å². The van der Waals surface area contributed by atoms with Crippen molar-refractivity contribution in [1.29, 1.82) is 0 Å². The van der Waals surface area contributed by atoms with Gasteiger partial charge in [-0.15, -0.1) is 0 Å². The molecule has 0 radical (unpaired) electrons. The van der Waals surface area contributed by atoms with Gasteiger partial charge in [0.1, 0.15) is 12.2 Å². The van der Waals surface area contributed by atoms with Gasteiger partial charge in [-0.25, -0.2) is 0 Å². The molecule has 2 aliphatic heterocycles. The average molecular weight is 347 g/mol. The third-order valence-corrected chi connectivity index (χ3v) is 4.47. The van der Waals surface area contributed by atoms with Gasteiger partial charge >= 0.3 is 0 Å². The molecule has 1 aromatic heterocycles. The van der Waals surface area contributed by atoms with Gasteiger partial charge in [0.2, 0.25) is 0 Å². The molecule has 5 atom stereocenters. The van der Waals surface area contributed by atoms with E-state index < -0.39 is 30.2 Å². The Morgan fingerprint density at radius 3 is 2.61 bits per heavy atom. The molecule has 0 amide bonds. The van der Waals surface area contributed by atoms with E-state index >= 15 is 0 Å². The average Bonchev–Trinajstić information content (AvgIpc) is 3.06. The van der Waals surface area contributed by atoms with Crippen molar-refractivity contribution in [2.45, 2.75) is 42.4 Å². The number of aliphatic hydroxyl groups is 4. The van der Waals surface area contributed by atoms with Crippen molar-refractivity contribution in [3.63, 3.8) is 0 Å². The van der Waals surface area contributed by atoms with E-state index in [9.17, 15) is 0 Å². The molecule has 1 aromatic rings. The third kappa shape index (κ3) is 4.39. The molecule has 2 unspecified atom stereocenters. The van der Waals surface area contributed by atoms with Crippen LogP contribution in [0.25, 0.3) is 0 Å². The van der Waals surface area contributed by atoms with Crippen LogP contribution in [0, 0.1) is 0 Å². The fourth-order valence-electron chi connectivity index (χ4n) is 2.82. The van der Waals surface area contributed by atoms with Crippen molar-refractivity contribution in [2.24, 2.45) is 0 Å². The topological polar surface area (TPSA) is 106 Å². The van der Waals surface area contributed by atoms with Gasteiger partial charge in [0, 0.05) is 18.4 Å². The van der Waals surface area contributed by atoms with Gasteiger partial charge in [-0.1, -0.05) is 17.7 Å². The Labute approximate surface area is 140 Å². The molecular weight excluding hydrogens is 324 g/mol. The minimum Gasteiger partial charge on any atom is -0.394 e. The molecule has 2 saturated heterocycles. The molecule has 2 fully saturated rings. The zero-order valence-electron chi connectivity index (χ0n) is 12.9. The Balaban J connectivity index is 0.000000168. The van der Waals surface area contributed by atoms with Crippen molar-refractivity contribution in [1.82, 2.24) is 9.88 Å². The number of aliphatic hydroxyl groups excluding tert-OH is 3. The van der Waals surface area contributed by atoms with E-state index in [-0.39, 0.29) is 0 Å². The van der Waals surface area contributed by atoms with Crippen LogP contribution in [0.2, 0.25) is 0 Å². The summed E-state index contributed by atoms with van der Waals surface area (Å²) in [4.78, 5) is 6.54. The lowest BCUT2D eigenvalue weighted by Crippen LogP contribution is -2.38. The molecule has 0 bridgehead atoms. The number of alkyl halides is 1. The van der Waals surface area contributed by atoms with Crippen molar-refractivity contribution < 1.29 is 25.2 Å². The summed E-state index contributed by atoms with van der Waals surface area (Å²) in [5.41, 5.74) is 1.36. The maximum Gasteiger partial charge on any atom is 0.276 e. The van der Waals surface area contributed by atoms with E-state index in [1.807, 2.05) is 18.5 Å². The first-order chi connectivity index (χ1) is 10.9. The number of hydrogen-bond donors (Lipinski definition) is 4. The number of likely N-dealkylation sites (tertiary alicyclic amines) is 1. The first-order valence-electron chi connectivity index (χ1n) is 7.53. The van der Waals surface area contributed by atoms with Crippen molar-refractivity contribution in [2.75, 3.05) is 20.2 Å². The van der Waals surface area contributed by atoms with Crippen LogP contribution in [0.3, 0.4) is 0 Å². The van der Waals surface area contributed by atoms with Crippen LogP contribution in [0.4, 0.5) is 0 Å². The van der Waals surface area contributed by atoms with Crippen molar-refractivity contribution in [3.8, 4) is 0 Å². The van der Waals surface area contributed by atoms with Crippen LogP contribution in [0.1, 0.15) is 24.4 Å². The first-order valence-corrected chi connectivity index (χ1v) is 7.91. The van der Waals surface area contributed by atoms with E-state index in [1.165, 1.54) is 24.9 Å². The predicted octanol–water partition coefficient (Wildman–Crippen LogP) is -0.167. The Morgan fingerprint density at radius 1 is 1.48 bits per heavy atom. The summed E-state index contributed by atoms with van der Waals surface area (Å²) in [6, 6.07) is 4.79. The molecule has 0 aromatic carbocycles. The first kappa shape index (κ1) is 18.5. The maximum atomic E-state index is 9.01. The highest BCUT2D eigenvalue weighted by atomic mass is 35.5. The maximum absolute atomic E-state index is 9.01. The number of hydrogen-bond acceptors (Lipinski definition) is 7. The zero-order valence-corrected chi connectivity index (χ0v) is 13.7. The van der Waals surface area contributed by atoms with Crippen LogP contribution >= 0.6 is 11.6 Å². The highest BCUT2D eigenvalue weighted by Gasteiger charge is 2.52. The fourth-order valence-corrected chi connectivity index (χ4v) is 3.06. The molecule has 7 nitrogen and oxygen atoms in total. The molecule has 23 heavy (non-hydrogen) atoms. The highest BCUT2D eigenvalue weighted by Crippen LogP contribution is 2.32. The van der Waals surface area contributed by atoms with Crippen LogP contribution in [-0.2, 0) is 4.74 Å². The molecule has 4 N–H and O–H groups in total. The van der Waals surface area contributed by atoms with Crippen LogP contribution in [-0.4, -0.2) is 74.1 Å². The van der Waals surface area contributed by atoms with E-state index in [0.717, 1.165) is 0 Å². The summed E-state index contributed by atoms with van der Waals surface area (Å²) >= 11 is 5.20. The number of nitrogens with zero attached hydrogens (tertiary/aromatic N) is 2. The van der Waals surface area contributed by atoms with Crippen LogP contribution in [0.15, 0.2) is 24.5 Å². The normalized spacial score (nSPS) is 37.5. The van der Waals surface area contributed by atoms with Crippen LogP contribution in [0.5, 0.6) is 0 Å². The molecule has 3 rings (SSSR count). The number of pyridine rings is 1. The summed E-state index contributed by atoms with van der Waals surface area (Å²) < 4.78 is 4.49. The fraction of sp³-hybridized carbons (Fsp3) is 0.667. The molecule has 130 valence electrons. The lowest BCUT2D eigenvalue weighted by Gasteiger charge is -2.18. The Kier molecular flexibility index (Phi) is 6.33. The number of ether oxygens (including phenoxy) is 1. The highest BCUT2D eigenvalue weighted by molar-refractivity contribution is 6.22. The van der Waals surface area contributed by atoms with E-state index in [4.69, 9.17) is 32.0 Å². The predicted molar refractivity (Wildman–Crippen MR) is 83.6 cm³/mol. The molecule has 8 heteroatoms. The van der Waals surface area contributed by atoms with Crippen molar-refractivity contribution >= 4 is 11.6 Å². The summed E-state index contributed by atoms with van der Waals surface area (Å²) in [6.07, 6.45) is 2.42. The third-order valence-electron chi connectivity index (χ3n) is 4.16. The van der Waals surface area contributed by atoms with E-state index in [2.05, 4.69) is 27.7 Å². The Hall–Kier alpha value is -0.800. The molecule has 2 aliphatic rings. The quantitative estimate of drug-likeness (QED) is 0.551. The van der Waals surface area contributed by atoms with Gasteiger partial charge < -0.3 is 25.2 Å². The second-order valence-corrected chi connectivity index (χ2v) is 6.35. The number of aromatic nitrogens is 1. The minimum atomic E-state index is -2.28. The van der Waals surface area contributed by atoms with Crippen LogP contribution < -0.4 is 0 Å². The summed E-state index contributed by atoms with van der Waals surface area (Å²) in [5, 5.41) is 33.2. The van der Waals surface area contributed by atoms with Gasteiger partial charge in [0.15, 0.2) is 6.10 Å². The molecule has 0 spiro atoms. The zero-order chi connectivity index (χ0) is 17.0. The minimum absolute atomic E-state index is 0.507. The molecule has 0 aliphatic carbocycles. The van der Waals surface area contributed by atoms with E-state index in [0.29, 0.717) is 6.04 Å². The largest absolute Gasteiger partial charge is 0.394 e. The molecular formula is C15H23ClN2O5. The molecule has 0 saturated carbocycles.